The molecular weight excluding hydrogens is 278 g/mol. The molecule has 0 radical (unpaired) electrons. The van der Waals surface area contributed by atoms with Gasteiger partial charge in [0.1, 0.15) is 11.3 Å². The van der Waals surface area contributed by atoms with E-state index in [1.54, 1.807) is 7.11 Å². The van der Waals surface area contributed by atoms with E-state index in [1.807, 2.05) is 12.1 Å². The zero-order valence-electron chi connectivity index (χ0n) is 13.1. The van der Waals surface area contributed by atoms with E-state index in [2.05, 4.69) is 28.9 Å². The molecule has 1 aromatic heterocycles. The monoisotopic (exact) mass is 300 g/mol. The number of aryl methyl sites for hydroxylation is 1. The highest BCUT2D eigenvalue weighted by atomic mass is 16.5. The van der Waals surface area contributed by atoms with Crippen LogP contribution in [0.1, 0.15) is 18.4 Å². The lowest BCUT2D eigenvalue weighted by Gasteiger charge is -2.26. The number of nitrogens with zero attached hydrogens (tertiary/aromatic N) is 1. The van der Waals surface area contributed by atoms with Gasteiger partial charge in [-0.1, -0.05) is 0 Å². The van der Waals surface area contributed by atoms with Gasteiger partial charge in [-0.05, 0) is 37.5 Å². The number of pyridine rings is 1. The second-order valence-corrected chi connectivity index (χ2v) is 5.91. The number of carbonyl (C=O) groups is 1. The van der Waals surface area contributed by atoms with Crippen molar-refractivity contribution in [3.63, 3.8) is 0 Å². The smallest absolute Gasteiger partial charge is 0.275 e. The number of methoxy groups -OCH3 is 1. The molecule has 1 aliphatic heterocycles. The van der Waals surface area contributed by atoms with E-state index in [9.17, 15) is 4.79 Å². The van der Waals surface area contributed by atoms with Crippen LogP contribution in [-0.2, 0) is 4.79 Å². The molecule has 1 aliphatic rings. The third kappa shape index (κ3) is 2.71. The number of hydrogen-bond acceptors (Lipinski definition) is 3. The SMILES string of the molecule is COc1ccc2c(C)cc(N3CCC(C(N)=O)CC3)[nH+]c2c1. The fraction of sp³-hybridized carbons (Fsp3) is 0.412. The molecule has 2 aromatic rings. The molecule has 5 heteroatoms. The van der Waals surface area contributed by atoms with Gasteiger partial charge in [0.05, 0.1) is 20.2 Å². The highest BCUT2D eigenvalue weighted by molar-refractivity contribution is 5.81. The van der Waals surface area contributed by atoms with Crippen LogP contribution >= 0.6 is 0 Å². The Hall–Kier alpha value is -2.30. The number of aromatic amines is 1. The number of benzene rings is 1. The minimum atomic E-state index is -0.178. The number of fused-ring (bicyclic) bond motifs is 1. The van der Waals surface area contributed by atoms with Crippen LogP contribution in [0.2, 0.25) is 0 Å². The molecule has 2 heterocycles. The first kappa shape index (κ1) is 14.6. The fourth-order valence-corrected chi connectivity index (χ4v) is 3.13. The van der Waals surface area contributed by atoms with Crippen LogP contribution in [0.3, 0.4) is 0 Å². The Morgan fingerprint density at radius 2 is 2.05 bits per heavy atom. The molecule has 0 spiro atoms. The van der Waals surface area contributed by atoms with Gasteiger partial charge in [0.15, 0.2) is 0 Å². The molecule has 116 valence electrons. The van der Waals surface area contributed by atoms with E-state index in [-0.39, 0.29) is 11.8 Å². The lowest BCUT2D eigenvalue weighted by molar-refractivity contribution is -0.330. The molecule has 3 N–H and O–H groups in total. The van der Waals surface area contributed by atoms with Crippen LogP contribution in [0.25, 0.3) is 10.9 Å². The number of anilines is 1. The maximum atomic E-state index is 11.3. The second kappa shape index (κ2) is 5.83. The van der Waals surface area contributed by atoms with E-state index in [4.69, 9.17) is 10.5 Å². The van der Waals surface area contributed by atoms with Gasteiger partial charge in [0.25, 0.3) is 5.82 Å². The maximum absolute atomic E-state index is 11.3. The number of rotatable bonds is 3. The van der Waals surface area contributed by atoms with Crippen molar-refractivity contribution in [3.05, 3.63) is 29.8 Å². The minimum absolute atomic E-state index is 0.0119. The number of ether oxygens (including phenoxy) is 1. The van der Waals surface area contributed by atoms with Gasteiger partial charge in [0, 0.05) is 23.4 Å². The topological polar surface area (TPSA) is 69.7 Å². The van der Waals surface area contributed by atoms with Gasteiger partial charge in [0.2, 0.25) is 5.91 Å². The van der Waals surface area contributed by atoms with Crippen molar-refractivity contribution in [2.75, 3.05) is 25.1 Å². The molecule has 0 saturated carbocycles. The highest BCUT2D eigenvalue weighted by Crippen LogP contribution is 2.25. The molecule has 1 aromatic carbocycles. The van der Waals surface area contributed by atoms with Crippen LogP contribution in [0.15, 0.2) is 24.3 Å². The number of amides is 1. The fourth-order valence-electron chi connectivity index (χ4n) is 3.13. The van der Waals surface area contributed by atoms with Gasteiger partial charge in [-0.15, -0.1) is 0 Å². The molecular formula is C17H22N3O2+. The normalized spacial score (nSPS) is 16.0. The van der Waals surface area contributed by atoms with Gasteiger partial charge in [-0.25, -0.2) is 4.98 Å². The van der Waals surface area contributed by atoms with Gasteiger partial charge < -0.3 is 10.5 Å². The van der Waals surface area contributed by atoms with Crippen LogP contribution in [-0.4, -0.2) is 26.1 Å². The Kier molecular flexibility index (Phi) is 3.88. The first-order valence-corrected chi connectivity index (χ1v) is 7.63. The summed E-state index contributed by atoms with van der Waals surface area (Å²) in [6.45, 7) is 3.81. The van der Waals surface area contributed by atoms with Crippen molar-refractivity contribution in [1.29, 1.82) is 0 Å². The molecule has 0 atom stereocenters. The molecule has 5 nitrogen and oxygen atoms in total. The third-order valence-corrected chi connectivity index (χ3v) is 4.51. The van der Waals surface area contributed by atoms with E-state index >= 15 is 0 Å². The highest BCUT2D eigenvalue weighted by Gasteiger charge is 2.28. The van der Waals surface area contributed by atoms with Crippen molar-refractivity contribution in [2.45, 2.75) is 19.8 Å². The molecule has 1 fully saturated rings. The lowest BCUT2D eigenvalue weighted by Crippen LogP contribution is -2.40. The van der Waals surface area contributed by atoms with Crippen molar-refractivity contribution in [2.24, 2.45) is 11.7 Å². The van der Waals surface area contributed by atoms with Crippen molar-refractivity contribution < 1.29 is 14.5 Å². The molecule has 1 saturated heterocycles. The lowest BCUT2D eigenvalue weighted by atomic mass is 9.96. The quantitative estimate of drug-likeness (QED) is 0.937. The summed E-state index contributed by atoms with van der Waals surface area (Å²) in [4.78, 5) is 17.0. The average molecular weight is 300 g/mol. The summed E-state index contributed by atoms with van der Waals surface area (Å²) in [5.74, 6) is 1.76. The third-order valence-electron chi connectivity index (χ3n) is 4.51. The minimum Gasteiger partial charge on any atom is -0.497 e. The first-order valence-electron chi connectivity index (χ1n) is 7.63. The number of piperidine rings is 1. The van der Waals surface area contributed by atoms with Gasteiger partial charge >= 0.3 is 0 Å². The van der Waals surface area contributed by atoms with Crippen molar-refractivity contribution in [3.8, 4) is 5.75 Å². The van der Waals surface area contributed by atoms with E-state index in [0.29, 0.717) is 0 Å². The van der Waals surface area contributed by atoms with E-state index < -0.39 is 0 Å². The molecule has 22 heavy (non-hydrogen) atoms. The van der Waals surface area contributed by atoms with Gasteiger partial charge in [-0.2, -0.15) is 0 Å². The Morgan fingerprint density at radius 1 is 1.32 bits per heavy atom. The summed E-state index contributed by atoms with van der Waals surface area (Å²) in [5.41, 5.74) is 7.69. The summed E-state index contributed by atoms with van der Waals surface area (Å²) in [7, 11) is 1.67. The molecule has 0 aliphatic carbocycles. The van der Waals surface area contributed by atoms with Crippen LogP contribution in [0.5, 0.6) is 5.75 Å². The van der Waals surface area contributed by atoms with Crippen LogP contribution < -0.4 is 20.4 Å². The predicted octanol–water partition coefficient (Wildman–Crippen LogP) is 1.67. The maximum Gasteiger partial charge on any atom is 0.275 e. The molecule has 0 unspecified atom stereocenters. The zero-order chi connectivity index (χ0) is 15.7. The van der Waals surface area contributed by atoms with Crippen molar-refractivity contribution >= 4 is 22.6 Å². The number of aromatic nitrogens is 1. The Morgan fingerprint density at radius 3 is 2.68 bits per heavy atom. The van der Waals surface area contributed by atoms with E-state index in [0.717, 1.165) is 43.0 Å². The van der Waals surface area contributed by atoms with Crippen molar-refractivity contribution in [1.82, 2.24) is 0 Å². The number of carbonyl (C=O) groups excluding carboxylic acids is 1. The summed E-state index contributed by atoms with van der Waals surface area (Å²) in [5, 5.41) is 1.19. The Labute approximate surface area is 130 Å². The first-order chi connectivity index (χ1) is 10.6. The number of nitrogens with two attached hydrogens (primary N) is 1. The largest absolute Gasteiger partial charge is 0.497 e. The standard InChI is InChI=1S/C17H21N3O2/c1-11-9-16(20-7-5-12(6-8-20)17(18)21)19-15-10-13(22-2)3-4-14(11)15/h3-4,9-10,12H,5-8H2,1-2H3,(H2,18,21)/p+1. The Balaban J connectivity index is 1.90. The number of hydrogen-bond donors (Lipinski definition) is 1. The van der Waals surface area contributed by atoms with Gasteiger partial charge in [-0.3, -0.25) is 9.69 Å². The second-order valence-electron chi connectivity index (χ2n) is 5.91. The average Bonchev–Trinajstić information content (AvgIpc) is 2.54. The molecule has 0 bridgehead atoms. The summed E-state index contributed by atoms with van der Waals surface area (Å²) < 4.78 is 5.30. The summed E-state index contributed by atoms with van der Waals surface area (Å²) >= 11 is 0. The van der Waals surface area contributed by atoms with Crippen LogP contribution in [0.4, 0.5) is 5.82 Å². The number of H-pyrrole nitrogens is 1. The predicted molar refractivity (Wildman–Crippen MR) is 85.9 cm³/mol. The Bertz CT molecular complexity index is 706. The zero-order valence-corrected chi connectivity index (χ0v) is 13.1. The molecule has 1 amide bonds. The number of nitrogens with one attached hydrogen (secondary N) is 1. The van der Waals surface area contributed by atoms with Crippen LogP contribution in [0, 0.1) is 12.8 Å². The summed E-state index contributed by atoms with van der Waals surface area (Å²) in [6.07, 6.45) is 1.64. The summed E-state index contributed by atoms with van der Waals surface area (Å²) in [6, 6.07) is 8.23. The molecule has 3 rings (SSSR count). The van der Waals surface area contributed by atoms with E-state index in [1.165, 1.54) is 10.9 Å². The number of primary amides is 1.